The highest BCUT2D eigenvalue weighted by Gasteiger charge is 2.18. The van der Waals surface area contributed by atoms with E-state index in [0.29, 0.717) is 0 Å². The van der Waals surface area contributed by atoms with Crippen molar-refractivity contribution in [3.8, 4) is 0 Å². The molecule has 0 fully saturated rings. The first-order valence-electron chi connectivity index (χ1n) is 3.69. The molecule has 1 rings (SSSR count). The van der Waals surface area contributed by atoms with Gasteiger partial charge in [0.05, 0.1) is 17.7 Å². The highest BCUT2D eigenvalue weighted by atomic mass is 35.5. The van der Waals surface area contributed by atoms with Crippen LogP contribution in [0.1, 0.15) is 10.4 Å². The number of carbonyl (C=O) groups excluding carboxylic acids is 1. The largest absolute Gasteiger partial charge is 0.465 e. The fraction of sp³-hybridized carbons (Fsp3) is 0.125. The van der Waals surface area contributed by atoms with E-state index in [-0.39, 0.29) is 25.9 Å². The first-order chi connectivity index (χ1) is 6.97. The molecule has 0 aromatic heterocycles. The number of hydrogen-bond donors (Lipinski definition) is 1. The molecule has 0 atom stereocenters. The van der Waals surface area contributed by atoms with Crippen LogP contribution in [0.4, 0.5) is 5.69 Å². The van der Waals surface area contributed by atoms with Crippen LogP contribution in [0.5, 0.6) is 0 Å². The Bertz CT molecular complexity index is 395. The van der Waals surface area contributed by atoms with Gasteiger partial charge in [-0.25, -0.2) is 4.79 Å². The van der Waals surface area contributed by atoms with Crippen LogP contribution in [0.2, 0.25) is 10.0 Å². The Morgan fingerprint density at radius 3 is 2.53 bits per heavy atom. The summed E-state index contributed by atoms with van der Waals surface area (Å²) in [5, 5.41) is 9.18. The van der Waals surface area contributed by atoms with E-state index in [4.69, 9.17) is 40.2 Å². The summed E-state index contributed by atoms with van der Waals surface area (Å²) in [5.41, 5.74) is 0.0348. The molecule has 0 unspecified atom stereocenters. The molecule has 0 aliphatic heterocycles. The molecule has 0 amide bonds. The molecule has 7 heteroatoms. The van der Waals surface area contributed by atoms with Crippen molar-refractivity contribution in [1.82, 2.24) is 0 Å². The molecule has 0 radical (unpaired) electrons. The van der Waals surface area contributed by atoms with Gasteiger partial charge in [0, 0.05) is 16.8 Å². The van der Waals surface area contributed by atoms with Gasteiger partial charge in [-0.05, 0) is 12.1 Å². The van der Waals surface area contributed by atoms with Gasteiger partial charge in [0.25, 0.3) is 0 Å². The average molecular weight is 270 g/mol. The Labute approximate surface area is 101 Å². The summed E-state index contributed by atoms with van der Waals surface area (Å²) in [5.74, 6) is -0.665. The number of rotatable bonds is 2. The standard InChI is InChI=1S/C8H6Cl3NO3/c1-15-8(13)5-2-4(9)3-6(7(5)10)12(11)14/h2-3,14H,1H3. The van der Waals surface area contributed by atoms with Crippen molar-refractivity contribution in [2.45, 2.75) is 0 Å². The fourth-order valence-corrected chi connectivity index (χ4v) is 1.62. The zero-order valence-electron chi connectivity index (χ0n) is 7.50. The Kier molecular flexibility index (Phi) is 4.04. The predicted octanol–water partition coefficient (Wildman–Crippen LogP) is 3.13. The van der Waals surface area contributed by atoms with Gasteiger partial charge in [-0.3, -0.25) is 5.21 Å². The predicted molar refractivity (Wildman–Crippen MR) is 57.9 cm³/mol. The van der Waals surface area contributed by atoms with Crippen LogP contribution < -0.4 is 4.58 Å². The summed E-state index contributed by atoms with van der Waals surface area (Å²) in [7, 11) is 1.21. The Morgan fingerprint density at radius 2 is 2.07 bits per heavy atom. The molecule has 15 heavy (non-hydrogen) atoms. The lowest BCUT2D eigenvalue weighted by Gasteiger charge is -2.12. The summed E-state index contributed by atoms with van der Waals surface area (Å²) in [4.78, 5) is 11.3. The zero-order chi connectivity index (χ0) is 11.6. The van der Waals surface area contributed by atoms with E-state index in [1.807, 2.05) is 0 Å². The second-order valence-corrected chi connectivity index (χ2v) is 3.67. The normalized spacial score (nSPS) is 9.93. The average Bonchev–Trinajstić information content (AvgIpc) is 2.19. The number of anilines is 1. The van der Waals surface area contributed by atoms with Crippen LogP contribution in [0.15, 0.2) is 12.1 Å². The molecule has 1 aromatic rings. The van der Waals surface area contributed by atoms with Gasteiger partial charge in [0.1, 0.15) is 5.69 Å². The van der Waals surface area contributed by atoms with Gasteiger partial charge in [-0.15, -0.1) is 0 Å². The topological polar surface area (TPSA) is 49.8 Å². The maximum Gasteiger partial charge on any atom is 0.339 e. The third-order valence-corrected chi connectivity index (χ3v) is 2.42. The second-order valence-electron chi connectivity index (χ2n) is 2.54. The van der Waals surface area contributed by atoms with Crippen LogP contribution in [0.25, 0.3) is 0 Å². The zero-order valence-corrected chi connectivity index (χ0v) is 9.77. The quantitative estimate of drug-likeness (QED) is 0.509. The van der Waals surface area contributed by atoms with Crippen LogP contribution in [-0.2, 0) is 4.74 Å². The van der Waals surface area contributed by atoms with Crippen molar-refractivity contribution >= 4 is 46.6 Å². The number of carbonyl (C=O) groups is 1. The lowest BCUT2D eigenvalue weighted by Crippen LogP contribution is -2.08. The molecule has 1 N–H and O–H groups in total. The lowest BCUT2D eigenvalue weighted by atomic mass is 10.2. The number of ether oxygens (including phenoxy) is 1. The molecule has 1 aromatic carbocycles. The van der Waals surface area contributed by atoms with E-state index in [2.05, 4.69) is 4.74 Å². The van der Waals surface area contributed by atoms with Crippen molar-refractivity contribution in [3.05, 3.63) is 27.7 Å². The van der Waals surface area contributed by atoms with E-state index in [1.54, 1.807) is 0 Å². The monoisotopic (exact) mass is 269 g/mol. The highest BCUT2D eigenvalue weighted by Crippen LogP contribution is 2.33. The van der Waals surface area contributed by atoms with Gasteiger partial charge in [-0.1, -0.05) is 23.2 Å². The first kappa shape index (κ1) is 12.4. The lowest BCUT2D eigenvalue weighted by molar-refractivity contribution is 0.0601. The number of halogens is 3. The molecule has 0 aliphatic carbocycles. The van der Waals surface area contributed by atoms with E-state index in [0.717, 1.165) is 0 Å². The van der Waals surface area contributed by atoms with Crippen molar-refractivity contribution in [1.29, 1.82) is 0 Å². The van der Waals surface area contributed by atoms with Crippen LogP contribution in [0.3, 0.4) is 0 Å². The Balaban J connectivity index is 3.34. The summed E-state index contributed by atoms with van der Waals surface area (Å²) < 4.78 is 4.73. The van der Waals surface area contributed by atoms with Crippen molar-refractivity contribution in [2.75, 3.05) is 11.7 Å². The number of benzene rings is 1. The van der Waals surface area contributed by atoms with Gasteiger partial charge in [0.2, 0.25) is 0 Å². The van der Waals surface area contributed by atoms with Gasteiger partial charge in [0.15, 0.2) is 0 Å². The van der Waals surface area contributed by atoms with Crippen molar-refractivity contribution in [2.24, 2.45) is 0 Å². The summed E-state index contributed by atoms with van der Waals surface area (Å²) in [6.45, 7) is 0. The molecule has 0 spiro atoms. The fourth-order valence-electron chi connectivity index (χ4n) is 0.968. The minimum atomic E-state index is -0.665. The minimum Gasteiger partial charge on any atom is -0.465 e. The van der Waals surface area contributed by atoms with Gasteiger partial charge < -0.3 is 4.74 Å². The number of nitrogens with zero attached hydrogens (tertiary/aromatic N) is 1. The van der Waals surface area contributed by atoms with Crippen LogP contribution >= 0.6 is 35.0 Å². The minimum absolute atomic E-state index is 0.00577. The molecular formula is C8H6Cl3NO3. The van der Waals surface area contributed by atoms with Crippen LogP contribution in [0, 0.1) is 0 Å². The summed E-state index contributed by atoms with van der Waals surface area (Å²) in [6, 6.07) is 2.63. The third kappa shape index (κ3) is 2.66. The van der Waals surface area contributed by atoms with Gasteiger partial charge >= 0.3 is 5.97 Å². The number of esters is 1. The molecule has 4 nitrogen and oxygen atoms in total. The van der Waals surface area contributed by atoms with E-state index >= 15 is 0 Å². The molecule has 0 bridgehead atoms. The maximum absolute atomic E-state index is 11.3. The second kappa shape index (κ2) is 4.90. The summed E-state index contributed by atoms with van der Waals surface area (Å²) >= 11 is 16.8. The third-order valence-electron chi connectivity index (χ3n) is 1.62. The van der Waals surface area contributed by atoms with Gasteiger partial charge in [-0.2, -0.15) is 4.58 Å². The maximum atomic E-state index is 11.3. The molecular weight excluding hydrogens is 264 g/mol. The van der Waals surface area contributed by atoms with Crippen LogP contribution in [-0.4, -0.2) is 18.3 Å². The molecule has 0 aliphatic rings. The van der Waals surface area contributed by atoms with Crippen molar-refractivity contribution in [3.63, 3.8) is 0 Å². The van der Waals surface area contributed by atoms with E-state index in [9.17, 15) is 4.79 Å². The SMILES string of the molecule is COC(=O)c1cc(Cl)cc(N(O)Cl)c1Cl. The van der Waals surface area contributed by atoms with Crippen molar-refractivity contribution < 1.29 is 14.7 Å². The number of hydrogen-bond acceptors (Lipinski definition) is 4. The summed E-state index contributed by atoms with van der Waals surface area (Å²) in [6.07, 6.45) is 0. The molecule has 82 valence electrons. The highest BCUT2D eigenvalue weighted by molar-refractivity contribution is 6.39. The Morgan fingerprint density at radius 1 is 1.47 bits per heavy atom. The smallest absolute Gasteiger partial charge is 0.339 e. The molecule has 0 heterocycles. The molecule has 0 saturated heterocycles. The van der Waals surface area contributed by atoms with E-state index in [1.165, 1.54) is 19.2 Å². The first-order valence-corrected chi connectivity index (χ1v) is 4.79. The van der Waals surface area contributed by atoms with E-state index < -0.39 is 5.97 Å². The molecule has 0 saturated carbocycles. The number of methoxy groups -OCH3 is 1. The Hall–Kier alpha value is -0.680.